The van der Waals surface area contributed by atoms with Crippen LogP contribution in [0.2, 0.25) is 0 Å². The van der Waals surface area contributed by atoms with Gasteiger partial charge in [-0.1, -0.05) is 30.3 Å². The van der Waals surface area contributed by atoms with Crippen molar-refractivity contribution in [3.63, 3.8) is 0 Å². The smallest absolute Gasteiger partial charge is 0.279 e. The van der Waals surface area contributed by atoms with Crippen molar-refractivity contribution in [3.05, 3.63) is 35.9 Å². The van der Waals surface area contributed by atoms with Crippen molar-refractivity contribution < 1.29 is 17.8 Å². The first kappa shape index (κ1) is 11.6. The summed E-state index contributed by atoms with van der Waals surface area (Å²) >= 11 is 0. The zero-order valence-electron chi connectivity index (χ0n) is 8.57. The molecule has 0 aliphatic carbocycles. The maximum atomic E-state index is 11.3. The second kappa shape index (κ2) is 4.19. The molecule has 2 rings (SSSR count). The van der Waals surface area contributed by atoms with Gasteiger partial charge in [0.05, 0.1) is 0 Å². The van der Waals surface area contributed by atoms with Gasteiger partial charge in [0.1, 0.15) is 5.71 Å². The van der Waals surface area contributed by atoms with Crippen LogP contribution >= 0.6 is 0 Å². The predicted octanol–water partition coefficient (Wildman–Crippen LogP) is 0.454. The summed E-state index contributed by atoms with van der Waals surface area (Å²) in [6.45, 7) is 0. The first-order valence-corrected chi connectivity index (χ1v) is 6.13. The summed E-state index contributed by atoms with van der Waals surface area (Å²) in [5, 5.41) is -0.839. The van der Waals surface area contributed by atoms with Gasteiger partial charge in [0.15, 0.2) is 0 Å². The van der Waals surface area contributed by atoms with Crippen LogP contribution in [0.25, 0.3) is 0 Å². The van der Waals surface area contributed by atoms with Crippen molar-refractivity contribution in [1.29, 1.82) is 0 Å². The van der Waals surface area contributed by atoms with E-state index in [1.165, 1.54) is 0 Å². The zero-order valence-corrected chi connectivity index (χ0v) is 9.38. The first-order chi connectivity index (χ1) is 7.97. The highest BCUT2D eigenvalue weighted by molar-refractivity contribution is 8.01. The number of amidine groups is 1. The van der Waals surface area contributed by atoms with Gasteiger partial charge in [0.2, 0.25) is 0 Å². The minimum Gasteiger partial charge on any atom is -0.279 e. The standard InChI is InChI=1S/C10H8N2O4S/c13-9-8(6-7-4-2-1-3-5-7)11-10(12-9)17(14,15)16/h1-5H,6H2,(H,14,15,16). The van der Waals surface area contributed by atoms with Gasteiger partial charge in [0, 0.05) is 6.42 Å². The molecule has 0 atom stereocenters. The summed E-state index contributed by atoms with van der Waals surface area (Å²) < 4.78 is 30.2. The van der Waals surface area contributed by atoms with Gasteiger partial charge >= 0.3 is 10.1 Å². The Labute approximate surface area is 97.5 Å². The molecule has 0 fully saturated rings. The molecular weight excluding hydrogens is 244 g/mol. The van der Waals surface area contributed by atoms with Crippen LogP contribution in [0, 0.1) is 0 Å². The Bertz CT molecular complexity index is 617. The second-order valence-corrected chi connectivity index (χ2v) is 4.71. The second-order valence-electron chi connectivity index (χ2n) is 3.40. The number of hydrogen-bond acceptors (Lipinski definition) is 4. The SMILES string of the molecule is O=C1N=C(S(=O)(=O)O)N=C1Cc1ccccc1. The Kier molecular flexibility index (Phi) is 2.86. The molecule has 0 radical (unpaired) electrons. The van der Waals surface area contributed by atoms with Crippen LogP contribution in [0.3, 0.4) is 0 Å². The number of nitrogens with zero attached hydrogens (tertiary/aromatic N) is 2. The van der Waals surface area contributed by atoms with Crippen molar-refractivity contribution in [1.82, 2.24) is 0 Å². The molecule has 6 nitrogen and oxygen atoms in total. The molecule has 1 aliphatic rings. The van der Waals surface area contributed by atoms with Crippen LogP contribution in [-0.2, 0) is 21.3 Å². The summed E-state index contributed by atoms with van der Waals surface area (Å²) in [7, 11) is -4.52. The summed E-state index contributed by atoms with van der Waals surface area (Å²) in [5.41, 5.74) is 0.815. The van der Waals surface area contributed by atoms with E-state index in [9.17, 15) is 13.2 Å². The Morgan fingerprint density at radius 3 is 2.29 bits per heavy atom. The number of rotatable bonds is 2. The quantitative estimate of drug-likeness (QED) is 0.773. The summed E-state index contributed by atoms with van der Waals surface area (Å²) in [4.78, 5) is 18.0. The average Bonchev–Trinajstić information content (AvgIpc) is 2.62. The number of hydrogen-bond donors (Lipinski definition) is 1. The molecule has 0 aromatic heterocycles. The monoisotopic (exact) mass is 252 g/mol. The van der Waals surface area contributed by atoms with E-state index in [2.05, 4.69) is 9.98 Å². The molecule has 7 heteroatoms. The van der Waals surface area contributed by atoms with Crippen LogP contribution in [0.4, 0.5) is 0 Å². The topological polar surface area (TPSA) is 96.2 Å². The van der Waals surface area contributed by atoms with Crippen LogP contribution in [-0.4, -0.2) is 29.8 Å². The minimum absolute atomic E-state index is 0.00354. The summed E-state index contributed by atoms with van der Waals surface area (Å²) in [6, 6.07) is 8.96. The van der Waals surface area contributed by atoms with Gasteiger partial charge in [-0.3, -0.25) is 9.35 Å². The minimum atomic E-state index is -4.52. The van der Waals surface area contributed by atoms with Crippen molar-refractivity contribution in [2.24, 2.45) is 9.98 Å². The Hall–Kier alpha value is -1.86. The number of carbonyl (C=O) groups is 1. The lowest BCUT2D eigenvalue weighted by molar-refractivity contribution is -0.111. The van der Waals surface area contributed by atoms with Crippen molar-refractivity contribution in [2.45, 2.75) is 6.42 Å². The molecule has 88 valence electrons. The van der Waals surface area contributed by atoms with Gasteiger partial charge in [-0.25, -0.2) is 4.99 Å². The molecule has 17 heavy (non-hydrogen) atoms. The largest absolute Gasteiger partial charge is 0.330 e. The molecule has 1 heterocycles. The lowest BCUT2D eigenvalue weighted by atomic mass is 10.1. The number of amides is 1. The molecule has 0 saturated carbocycles. The van der Waals surface area contributed by atoms with E-state index in [1.807, 2.05) is 6.07 Å². The van der Waals surface area contributed by atoms with Crippen LogP contribution in [0.1, 0.15) is 5.56 Å². The highest BCUT2D eigenvalue weighted by Crippen LogP contribution is 2.09. The normalized spacial score (nSPS) is 15.7. The van der Waals surface area contributed by atoms with E-state index < -0.39 is 21.2 Å². The van der Waals surface area contributed by atoms with Crippen molar-refractivity contribution in [3.8, 4) is 0 Å². The molecule has 1 aliphatic heterocycles. The highest BCUT2D eigenvalue weighted by Gasteiger charge is 2.27. The van der Waals surface area contributed by atoms with Gasteiger partial charge < -0.3 is 0 Å². The van der Waals surface area contributed by atoms with Gasteiger partial charge in [-0.15, -0.1) is 0 Å². The fourth-order valence-electron chi connectivity index (χ4n) is 1.36. The van der Waals surface area contributed by atoms with E-state index in [0.717, 1.165) is 5.56 Å². The molecule has 0 spiro atoms. The molecule has 0 bridgehead atoms. The third-order valence-electron chi connectivity index (χ3n) is 2.12. The summed E-state index contributed by atoms with van der Waals surface area (Å²) in [6.07, 6.45) is 0.183. The van der Waals surface area contributed by atoms with Gasteiger partial charge in [-0.2, -0.15) is 13.4 Å². The van der Waals surface area contributed by atoms with Crippen LogP contribution in [0.5, 0.6) is 0 Å². The molecule has 0 unspecified atom stereocenters. The zero-order chi connectivity index (χ0) is 12.5. The third-order valence-corrected chi connectivity index (χ3v) is 2.76. The fourth-order valence-corrected chi connectivity index (χ4v) is 1.78. The third kappa shape index (κ3) is 2.63. The summed E-state index contributed by atoms with van der Waals surface area (Å²) in [5.74, 6) is -0.735. The Morgan fingerprint density at radius 1 is 1.12 bits per heavy atom. The molecule has 1 amide bonds. The fraction of sp³-hybridized carbons (Fsp3) is 0.100. The molecule has 0 saturated heterocycles. The number of carbonyl (C=O) groups excluding carboxylic acids is 1. The molecule has 1 N–H and O–H groups in total. The Morgan fingerprint density at radius 2 is 1.76 bits per heavy atom. The van der Waals surface area contributed by atoms with Crippen LogP contribution < -0.4 is 0 Å². The highest BCUT2D eigenvalue weighted by atomic mass is 32.2. The van der Waals surface area contributed by atoms with E-state index in [1.54, 1.807) is 24.3 Å². The lowest BCUT2D eigenvalue weighted by Gasteiger charge is -1.97. The number of benzene rings is 1. The molecule has 1 aromatic carbocycles. The van der Waals surface area contributed by atoms with Crippen molar-refractivity contribution >= 4 is 26.9 Å². The lowest BCUT2D eigenvalue weighted by Crippen LogP contribution is -2.11. The maximum Gasteiger partial charge on any atom is 0.330 e. The predicted molar refractivity (Wildman–Crippen MR) is 61.6 cm³/mol. The van der Waals surface area contributed by atoms with Gasteiger partial charge in [0.25, 0.3) is 11.1 Å². The van der Waals surface area contributed by atoms with E-state index in [-0.39, 0.29) is 12.1 Å². The van der Waals surface area contributed by atoms with E-state index in [0.29, 0.717) is 0 Å². The van der Waals surface area contributed by atoms with Crippen LogP contribution in [0.15, 0.2) is 40.3 Å². The average molecular weight is 252 g/mol. The first-order valence-electron chi connectivity index (χ1n) is 4.69. The Balaban J connectivity index is 2.24. The van der Waals surface area contributed by atoms with E-state index >= 15 is 0 Å². The van der Waals surface area contributed by atoms with E-state index in [4.69, 9.17) is 4.55 Å². The molecular formula is C10H8N2O4S. The van der Waals surface area contributed by atoms with Gasteiger partial charge in [-0.05, 0) is 5.56 Å². The number of aliphatic imine (C=N–C) groups is 2. The molecule has 1 aromatic rings. The maximum absolute atomic E-state index is 11.3. The van der Waals surface area contributed by atoms with Crippen molar-refractivity contribution in [2.75, 3.05) is 0 Å².